The van der Waals surface area contributed by atoms with Crippen molar-refractivity contribution in [3.63, 3.8) is 0 Å². The Morgan fingerprint density at radius 1 is 1.15 bits per heavy atom. The van der Waals surface area contributed by atoms with E-state index in [1.807, 2.05) is 19.1 Å². The third-order valence-corrected chi connectivity index (χ3v) is 4.15. The van der Waals surface area contributed by atoms with Crippen molar-refractivity contribution in [2.75, 3.05) is 11.6 Å². The highest BCUT2D eigenvalue weighted by molar-refractivity contribution is 7.90. The maximum Gasteiger partial charge on any atom is 0.177 e. The minimum atomic E-state index is -3.28. The van der Waals surface area contributed by atoms with Crippen LogP contribution < -0.4 is 5.32 Å². The minimum absolute atomic E-state index is 0.194. The van der Waals surface area contributed by atoms with E-state index in [1.165, 1.54) is 6.26 Å². The van der Waals surface area contributed by atoms with Gasteiger partial charge in [0.2, 0.25) is 0 Å². The van der Waals surface area contributed by atoms with Crippen LogP contribution >= 0.6 is 0 Å². The van der Waals surface area contributed by atoms with E-state index in [1.54, 1.807) is 30.3 Å². The van der Waals surface area contributed by atoms with Crippen LogP contribution in [0.15, 0.2) is 47.4 Å². The molecule has 0 aliphatic carbocycles. The predicted octanol–water partition coefficient (Wildman–Crippen LogP) is 2.72. The van der Waals surface area contributed by atoms with E-state index in [4.69, 9.17) is 0 Å². The number of anilines is 1. The number of phenols is 1. The van der Waals surface area contributed by atoms with Crippen LogP contribution in [-0.4, -0.2) is 19.8 Å². The molecule has 2 aromatic carbocycles. The zero-order valence-electron chi connectivity index (χ0n) is 11.4. The van der Waals surface area contributed by atoms with Gasteiger partial charge in [0, 0.05) is 18.4 Å². The van der Waals surface area contributed by atoms with Crippen molar-refractivity contribution in [3.05, 3.63) is 53.6 Å². The summed E-state index contributed by atoms with van der Waals surface area (Å²) in [5.41, 5.74) is 2.31. The Balaban J connectivity index is 2.26. The number of nitrogens with one attached hydrogen (secondary N) is 1. The van der Waals surface area contributed by atoms with Crippen LogP contribution in [0.2, 0.25) is 0 Å². The maximum absolute atomic E-state index is 11.7. The van der Waals surface area contributed by atoms with Gasteiger partial charge in [-0.2, -0.15) is 0 Å². The van der Waals surface area contributed by atoms with Gasteiger partial charge < -0.3 is 10.4 Å². The minimum Gasteiger partial charge on any atom is -0.508 e. The first-order chi connectivity index (χ1) is 9.38. The molecule has 0 fully saturated rings. The number of hydrogen-bond acceptors (Lipinski definition) is 4. The fraction of sp³-hybridized carbons (Fsp3) is 0.200. The van der Waals surface area contributed by atoms with Gasteiger partial charge in [0.05, 0.1) is 10.6 Å². The van der Waals surface area contributed by atoms with Gasteiger partial charge in [-0.3, -0.25) is 0 Å². The standard InChI is InChI=1S/C15H17NO3S/c1-11-7-8-14(17)12(9-11)10-16-13-5-3-4-6-15(13)20(2,18)19/h3-9,16-17H,10H2,1-2H3. The predicted molar refractivity (Wildman–Crippen MR) is 79.7 cm³/mol. The summed E-state index contributed by atoms with van der Waals surface area (Å²) in [6, 6.07) is 12.1. The molecule has 0 radical (unpaired) electrons. The van der Waals surface area contributed by atoms with Crippen molar-refractivity contribution in [3.8, 4) is 5.75 Å². The van der Waals surface area contributed by atoms with Crippen molar-refractivity contribution in [2.24, 2.45) is 0 Å². The molecule has 0 aromatic heterocycles. The van der Waals surface area contributed by atoms with Crippen LogP contribution in [0.5, 0.6) is 5.75 Å². The van der Waals surface area contributed by atoms with Crippen LogP contribution in [0.25, 0.3) is 0 Å². The third-order valence-electron chi connectivity index (χ3n) is 2.99. The van der Waals surface area contributed by atoms with Crippen molar-refractivity contribution in [1.82, 2.24) is 0 Å². The van der Waals surface area contributed by atoms with Gasteiger partial charge >= 0.3 is 0 Å². The lowest BCUT2D eigenvalue weighted by Crippen LogP contribution is -2.06. The zero-order chi connectivity index (χ0) is 14.8. The smallest absolute Gasteiger partial charge is 0.177 e. The Morgan fingerprint density at radius 2 is 1.85 bits per heavy atom. The van der Waals surface area contributed by atoms with E-state index in [9.17, 15) is 13.5 Å². The molecule has 5 heteroatoms. The molecule has 4 nitrogen and oxygen atoms in total. The molecule has 2 rings (SSSR count). The van der Waals surface area contributed by atoms with Crippen molar-refractivity contribution < 1.29 is 13.5 Å². The number of benzene rings is 2. The quantitative estimate of drug-likeness (QED) is 0.909. The largest absolute Gasteiger partial charge is 0.508 e. The Kier molecular flexibility index (Phi) is 3.99. The summed E-state index contributed by atoms with van der Waals surface area (Å²) in [6.07, 6.45) is 1.18. The molecule has 2 aromatic rings. The van der Waals surface area contributed by atoms with Gasteiger partial charge in [-0.1, -0.05) is 29.8 Å². The maximum atomic E-state index is 11.7. The summed E-state index contributed by atoms with van der Waals surface area (Å²) in [6.45, 7) is 2.30. The Hall–Kier alpha value is -2.01. The molecule has 0 heterocycles. The zero-order valence-corrected chi connectivity index (χ0v) is 12.2. The van der Waals surface area contributed by atoms with Crippen molar-refractivity contribution >= 4 is 15.5 Å². The highest BCUT2D eigenvalue weighted by Crippen LogP contribution is 2.23. The average molecular weight is 291 g/mol. The molecule has 0 saturated heterocycles. The molecule has 20 heavy (non-hydrogen) atoms. The van der Waals surface area contributed by atoms with Gasteiger partial charge in [0.15, 0.2) is 9.84 Å². The third kappa shape index (κ3) is 3.30. The van der Waals surface area contributed by atoms with Gasteiger partial charge in [0.25, 0.3) is 0 Å². The molecule has 0 aliphatic rings. The van der Waals surface area contributed by atoms with Gasteiger partial charge in [0.1, 0.15) is 5.75 Å². The van der Waals surface area contributed by atoms with E-state index in [0.717, 1.165) is 11.1 Å². The van der Waals surface area contributed by atoms with E-state index < -0.39 is 9.84 Å². The Bertz CT molecular complexity index is 724. The van der Waals surface area contributed by atoms with Gasteiger partial charge in [-0.05, 0) is 25.1 Å². The Morgan fingerprint density at radius 3 is 2.55 bits per heavy atom. The second-order valence-corrected chi connectivity index (χ2v) is 6.74. The lowest BCUT2D eigenvalue weighted by molar-refractivity contribution is 0.469. The summed E-state index contributed by atoms with van der Waals surface area (Å²) in [5, 5.41) is 12.8. The summed E-state index contributed by atoms with van der Waals surface area (Å²) < 4.78 is 23.4. The van der Waals surface area contributed by atoms with E-state index in [0.29, 0.717) is 12.2 Å². The molecule has 0 atom stereocenters. The number of aromatic hydroxyl groups is 1. The summed E-state index contributed by atoms with van der Waals surface area (Å²) >= 11 is 0. The molecule has 2 N–H and O–H groups in total. The second kappa shape index (κ2) is 5.54. The van der Waals surface area contributed by atoms with Crippen LogP contribution in [0.1, 0.15) is 11.1 Å². The summed E-state index contributed by atoms with van der Waals surface area (Å²) in [7, 11) is -3.28. The molecule has 106 valence electrons. The average Bonchev–Trinajstić information content (AvgIpc) is 2.39. The van der Waals surface area contributed by atoms with Crippen LogP contribution in [0.3, 0.4) is 0 Å². The number of para-hydroxylation sites is 1. The second-order valence-electron chi connectivity index (χ2n) is 4.75. The monoisotopic (exact) mass is 291 g/mol. The van der Waals surface area contributed by atoms with E-state index in [2.05, 4.69) is 5.32 Å². The molecule has 0 saturated carbocycles. The molecular formula is C15H17NO3S. The van der Waals surface area contributed by atoms with Gasteiger partial charge in [-0.15, -0.1) is 0 Å². The molecular weight excluding hydrogens is 274 g/mol. The van der Waals surface area contributed by atoms with Gasteiger partial charge in [-0.25, -0.2) is 8.42 Å². The highest BCUT2D eigenvalue weighted by Gasteiger charge is 2.12. The van der Waals surface area contributed by atoms with Crippen LogP contribution in [-0.2, 0) is 16.4 Å². The van der Waals surface area contributed by atoms with Crippen LogP contribution in [0.4, 0.5) is 5.69 Å². The number of aryl methyl sites for hydroxylation is 1. The highest BCUT2D eigenvalue weighted by atomic mass is 32.2. The molecule has 0 spiro atoms. The molecule has 0 amide bonds. The molecule has 0 unspecified atom stereocenters. The lowest BCUT2D eigenvalue weighted by Gasteiger charge is -2.12. The van der Waals surface area contributed by atoms with Crippen LogP contribution in [0, 0.1) is 6.92 Å². The fourth-order valence-corrected chi connectivity index (χ4v) is 2.85. The number of hydrogen-bond donors (Lipinski definition) is 2. The first kappa shape index (κ1) is 14.4. The van der Waals surface area contributed by atoms with Crippen molar-refractivity contribution in [1.29, 1.82) is 0 Å². The SMILES string of the molecule is Cc1ccc(O)c(CNc2ccccc2S(C)(=O)=O)c1. The molecule has 0 aliphatic heterocycles. The number of rotatable bonds is 4. The molecule has 0 bridgehead atoms. The van der Waals surface area contributed by atoms with Crippen molar-refractivity contribution in [2.45, 2.75) is 18.4 Å². The summed E-state index contributed by atoms with van der Waals surface area (Å²) in [5.74, 6) is 0.194. The normalized spacial score (nSPS) is 11.3. The summed E-state index contributed by atoms with van der Waals surface area (Å²) in [4.78, 5) is 0.257. The number of sulfone groups is 1. The lowest BCUT2D eigenvalue weighted by atomic mass is 10.1. The number of phenolic OH excluding ortho intramolecular Hbond substituents is 1. The first-order valence-corrected chi connectivity index (χ1v) is 8.08. The van der Waals surface area contributed by atoms with E-state index >= 15 is 0 Å². The fourth-order valence-electron chi connectivity index (χ4n) is 1.98. The first-order valence-electron chi connectivity index (χ1n) is 6.19. The Labute approximate surface area is 119 Å². The van der Waals surface area contributed by atoms with E-state index in [-0.39, 0.29) is 10.6 Å². The topological polar surface area (TPSA) is 66.4 Å².